The van der Waals surface area contributed by atoms with Gasteiger partial charge in [0.1, 0.15) is 5.71 Å². The summed E-state index contributed by atoms with van der Waals surface area (Å²) in [7, 11) is 0. The molecule has 0 radical (unpaired) electrons. The molecule has 0 aliphatic rings. The van der Waals surface area contributed by atoms with E-state index >= 15 is 0 Å². The van der Waals surface area contributed by atoms with Gasteiger partial charge in [-0.25, -0.2) is 0 Å². The van der Waals surface area contributed by atoms with Crippen LogP contribution in [0, 0.1) is 5.41 Å². The Hall–Kier alpha value is -1.64. The number of rotatable bonds is 2. The van der Waals surface area contributed by atoms with Crippen molar-refractivity contribution in [2.24, 2.45) is 0 Å². The Morgan fingerprint density at radius 1 is 1.42 bits per heavy atom. The zero-order chi connectivity index (χ0) is 9.14. The molecule has 0 saturated heterocycles. The summed E-state index contributed by atoms with van der Waals surface area (Å²) in [5, 5.41) is 7.40. The normalized spacial score (nSPS) is 9.42. The number of benzene rings is 1. The maximum atomic E-state index is 10.8. The van der Waals surface area contributed by atoms with Crippen LogP contribution in [0.15, 0.2) is 24.3 Å². The molecule has 0 fully saturated rings. The molecule has 0 amide bonds. The van der Waals surface area contributed by atoms with Crippen LogP contribution in [0.1, 0.15) is 12.5 Å². The fourth-order valence-electron chi connectivity index (χ4n) is 0.914. The lowest BCUT2D eigenvalue weighted by molar-refractivity contribution is -0.111. The van der Waals surface area contributed by atoms with E-state index in [9.17, 15) is 4.79 Å². The summed E-state index contributed by atoms with van der Waals surface area (Å²) in [5.41, 5.74) is 6.51. The molecule has 0 spiro atoms. The molecular formula is C9H10N2O. The van der Waals surface area contributed by atoms with Crippen LogP contribution in [-0.2, 0) is 4.79 Å². The monoisotopic (exact) mass is 162 g/mol. The van der Waals surface area contributed by atoms with Gasteiger partial charge in [0.05, 0.1) is 0 Å². The molecule has 0 unspecified atom stereocenters. The first kappa shape index (κ1) is 8.46. The highest BCUT2D eigenvalue weighted by molar-refractivity contribution is 6.45. The van der Waals surface area contributed by atoms with Gasteiger partial charge in [-0.1, -0.05) is 18.2 Å². The number of carbonyl (C=O) groups excluding carboxylic acids is 1. The quantitative estimate of drug-likeness (QED) is 0.507. The van der Waals surface area contributed by atoms with Crippen molar-refractivity contribution in [3.8, 4) is 0 Å². The average molecular weight is 162 g/mol. The first-order chi connectivity index (χ1) is 5.63. The van der Waals surface area contributed by atoms with E-state index < -0.39 is 0 Å². The Bertz CT molecular complexity index is 331. The molecule has 0 atom stereocenters. The first-order valence-corrected chi connectivity index (χ1v) is 3.57. The average Bonchev–Trinajstić information content (AvgIpc) is 2.04. The molecule has 1 aromatic rings. The van der Waals surface area contributed by atoms with E-state index in [-0.39, 0.29) is 11.5 Å². The molecule has 3 N–H and O–H groups in total. The summed E-state index contributed by atoms with van der Waals surface area (Å²) in [6, 6.07) is 6.86. The minimum atomic E-state index is -0.270. The van der Waals surface area contributed by atoms with Gasteiger partial charge in [-0.2, -0.15) is 0 Å². The van der Waals surface area contributed by atoms with Crippen LogP contribution in [-0.4, -0.2) is 11.5 Å². The number of nitrogen functional groups attached to an aromatic ring is 1. The van der Waals surface area contributed by atoms with Crippen molar-refractivity contribution in [2.45, 2.75) is 6.92 Å². The van der Waals surface area contributed by atoms with Crippen LogP contribution >= 0.6 is 0 Å². The van der Waals surface area contributed by atoms with Crippen molar-refractivity contribution >= 4 is 17.2 Å². The Kier molecular flexibility index (Phi) is 2.24. The van der Waals surface area contributed by atoms with Gasteiger partial charge in [0.2, 0.25) is 0 Å². The van der Waals surface area contributed by atoms with Crippen LogP contribution in [0.3, 0.4) is 0 Å². The second-order valence-electron chi connectivity index (χ2n) is 2.52. The lowest BCUT2D eigenvalue weighted by atomic mass is 10.1. The third-order valence-electron chi connectivity index (χ3n) is 1.58. The Labute approximate surface area is 70.7 Å². The third kappa shape index (κ3) is 1.50. The highest BCUT2D eigenvalue weighted by Crippen LogP contribution is 2.10. The molecule has 12 heavy (non-hydrogen) atoms. The van der Waals surface area contributed by atoms with Gasteiger partial charge in [-0.3, -0.25) is 10.2 Å². The maximum absolute atomic E-state index is 10.8. The van der Waals surface area contributed by atoms with Crippen molar-refractivity contribution < 1.29 is 4.79 Å². The number of carbonyl (C=O) groups is 1. The van der Waals surface area contributed by atoms with Crippen LogP contribution < -0.4 is 5.73 Å². The summed E-state index contributed by atoms with van der Waals surface area (Å²) in [4.78, 5) is 10.8. The third-order valence-corrected chi connectivity index (χ3v) is 1.58. The van der Waals surface area contributed by atoms with Gasteiger partial charge >= 0.3 is 0 Å². The summed E-state index contributed by atoms with van der Waals surface area (Å²) in [6.07, 6.45) is 0. The number of Topliss-reactive ketones (excluding diaryl/α,β-unsaturated/α-hetero) is 1. The largest absolute Gasteiger partial charge is 0.398 e. The van der Waals surface area contributed by atoms with Gasteiger partial charge in [-0.15, -0.1) is 0 Å². The van der Waals surface area contributed by atoms with Crippen LogP contribution in [0.2, 0.25) is 0 Å². The van der Waals surface area contributed by atoms with Crippen LogP contribution in [0.5, 0.6) is 0 Å². The molecule has 0 saturated carbocycles. The molecule has 0 aromatic heterocycles. The summed E-state index contributed by atoms with van der Waals surface area (Å²) < 4.78 is 0. The molecule has 0 bridgehead atoms. The van der Waals surface area contributed by atoms with Crippen molar-refractivity contribution in [3.63, 3.8) is 0 Å². The smallest absolute Gasteiger partial charge is 0.178 e. The van der Waals surface area contributed by atoms with E-state index in [1.807, 2.05) is 0 Å². The SMILES string of the molecule is CC(=O)C(=N)c1ccccc1N. The molecular weight excluding hydrogens is 152 g/mol. The molecule has 0 aliphatic heterocycles. The molecule has 1 aromatic carbocycles. The molecule has 1 rings (SSSR count). The van der Waals surface area contributed by atoms with E-state index in [0.717, 1.165) is 0 Å². The molecule has 62 valence electrons. The lowest BCUT2D eigenvalue weighted by Crippen LogP contribution is -2.11. The Balaban J connectivity index is 3.11. The number of ketones is 1. The molecule has 0 heterocycles. The van der Waals surface area contributed by atoms with Crippen LogP contribution in [0.4, 0.5) is 5.69 Å². The van der Waals surface area contributed by atoms with Crippen molar-refractivity contribution in [1.82, 2.24) is 0 Å². The molecule has 0 aliphatic carbocycles. The Morgan fingerprint density at radius 2 is 2.00 bits per heavy atom. The van der Waals surface area contributed by atoms with Gasteiger partial charge in [0, 0.05) is 18.2 Å². The Morgan fingerprint density at radius 3 is 2.50 bits per heavy atom. The van der Waals surface area contributed by atoms with Crippen molar-refractivity contribution in [3.05, 3.63) is 29.8 Å². The van der Waals surface area contributed by atoms with Gasteiger partial charge in [0.25, 0.3) is 0 Å². The van der Waals surface area contributed by atoms with Gasteiger partial charge < -0.3 is 5.73 Å². The second-order valence-corrected chi connectivity index (χ2v) is 2.52. The standard InChI is InChI=1S/C9H10N2O/c1-6(12)9(11)7-4-2-3-5-8(7)10/h2-5,11H,10H2,1H3. The number of nitrogens with one attached hydrogen (secondary N) is 1. The van der Waals surface area contributed by atoms with Crippen LogP contribution in [0.25, 0.3) is 0 Å². The van der Waals surface area contributed by atoms with Gasteiger partial charge in [-0.05, 0) is 6.07 Å². The number of anilines is 1. The fraction of sp³-hybridized carbons (Fsp3) is 0.111. The highest BCUT2D eigenvalue weighted by Gasteiger charge is 2.08. The van der Waals surface area contributed by atoms with Gasteiger partial charge in [0.15, 0.2) is 5.78 Å². The summed E-state index contributed by atoms with van der Waals surface area (Å²) >= 11 is 0. The minimum Gasteiger partial charge on any atom is -0.398 e. The second kappa shape index (κ2) is 3.17. The first-order valence-electron chi connectivity index (χ1n) is 3.57. The fourth-order valence-corrected chi connectivity index (χ4v) is 0.914. The summed E-state index contributed by atoms with van der Waals surface area (Å²) in [5.74, 6) is -0.270. The zero-order valence-corrected chi connectivity index (χ0v) is 6.79. The number of hydrogen-bond donors (Lipinski definition) is 2. The predicted molar refractivity (Wildman–Crippen MR) is 48.4 cm³/mol. The zero-order valence-electron chi connectivity index (χ0n) is 6.79. The topological polar surface area (TPSA) is 66.9 Å². The molecule has 3 heteroatoms. The number of para-hydroxylation sites is 1. The minimum absolute atomic E-state index is 0.0342. The lowest BCUT2D eigenvalue weighted by Gasteiger charge is -2.02. The summed E-state index contributed by atoms with van der Waals surface area (Å²) in [6.45, 7) is 1.36. The number of nitrogens with two attached hydrogens (primary N) is 1. The maximum Gasteiger partial charge on any atom is 0.178 e. The number of hydrogen-bond acceptors (Lipinski definition) is 3. The van der Waals surface area contributed by atoms with E-state index in [1.54, 1.807) is 24.3 Å². The van der Waals surface area contributed by atoms with Crippen molar-refractivity contribution in [1.29, 1.82) is 5.41 Å². The highest BCUT2D eigenvalue weighted by atomic mass is 16.1. The van der Waals surface area contributed by atoms with Crippen molar-refractivity contribution in [2.75, 3.05) is 5.73 Å². The predicted octanol–water partition coefficient (Wildman–Crippen LogP) is 1.23. The van der Waals surface area contributed by atoms with E-state index in [4.69, 9.17) is 11.1 Å². The van der Waals surface area contributed by atoms with E-state index in [0.29, 0.717) is 11.3 Å². The molecule has 3 nitrogen and oxygen atoms in total. The van der Waals surface area contributed by atoms with E-state index in [1.165, 1.54) is 6.92 Å². The van der Waals surface area contributed by atoms with E-state index in [2.05, 4.69) is 0 Å².